The van der Waals surface area contributed by atoms with E-state index in [-0.39, 0.29) is 22.6 Å². The van der Waals surface area contributed by atoms with Crippen molar-refractivity contribution < 1.29 is 44.9 Å². The lowest BCUT2D eigenvalue weighted by Gasteiger charge is -2.39. The van der Waals surface area contributed by atoms with Gasteiger partial charge in [-0.25, -0.2) is 4.79 Å². The number of aliphatic hydroxyl groups is 4. The number of aliphatic hydroxyl groups excluding tert-OH is 4. The van der Waals surface area contributed by atoms with E-state index in [1.165, 1.54) is 6.92 Å². The van der Waals surface area contributed by atoms with Crippen LogP contribution >= 0.6 is 0 Å². The maximum absolute atomic E-state index is 12.0. The van der Waals surface area contributed by atoms with Gasteiger partial charge in [-0.3, -0.25) is 0 Å². The van der Waals surface area contributed by atoms with Crippen LogP contribution in [0.2, 0.25) is 0 Å². The molecule has 1 fully saturated rings. The smallest absolute Gasteiger partial charge is 0.340 e. The molecule has 0 radical (unpaired) electrons. The Bertz CT molecular complexity index is 563. The number of hydrogen-bond donors (Lipinski definition) is 6. The molecular weight excluding hydrogens is 312 g/mol. The van der Waals surface area contributed by atoms with Gasteiger partial charge < -0.3 is 40.1 Å². The van der Waals surface area contributed by atoms with Crippen LogP contribution in [0, 0.1) is 6.92 Å². The molecule has 6 N–H and O–H groups in total. The van der Waals surface area contributed by atoms with Crippen molar-refractivity contribution in [2.75, 3.05) is 6.61 Å². The third-order valence-corrected chi connectivity index (χ3v) is 3.66. The predicted octanol–water partition coefficient (Wildman–Crippen LogP) is -1.64. The lowest BCUT2D eigenvalue weighted by molar-refractivity contribution is -0.285. The summed E-state index contributed by atoms with van der Waals surface area (Å²) in [7, 11) is 0. The van der Waals surface area contributed by atoms with Crippen LogP contribution in [-0.2, 0) is 9.47 Å². The average Bonchev–Trinajstić information content (AvgIpc) is 2.52. The van der Waals surface area contributed by atoms with Crippen LogP contribution in [0.15, 0.2) is 12.1 Å². The second-order valence-corrected chi connectivity index (χ2v) is 5.24. The van der Waals surface area contributed by atoms with Gasteiger partial charge in [-0.15, -0.1) is 0 Å². The fraction of sp³-hybridized carbons (Fsp3) is 0.500. The van der Waals surface area contributed by atoms with Crippen molar-refractivity contribution >= 4 is 5.97 Å². The molecule has 1 aliphatic heterocycles. The first-order valence-corrected chi connectivity index (χ1v) is 6.80. The quantitative estimate of drug-likeness (QED) is 0.358. The summed E-state index contributed by atoms with van der Waals surface area (Å²) in [4.78, 5) is 12.0. The van der Waals surface area contributed by atoms with Gasteiger partial charge in [-0.2, -0.15) is 0 Å². The molecule has 0 amide bonds. The Kier molecular flexibility index (Phi) is 5.07. The first kappa shape index (κ1) is 17.4. The van der Waals surface area contributed by atoms with Gasteiger partial charge in [-0.1, -0.05) is 0 Å². The molecule has 0 saturated carbocycles. The number of phenolic OH excluding ortho intramolecular Hbond substituents is 2. The molecule has 9 nitrogen and oxygen atoms in total. The zero-order valence-electron chi connectivity index (χ0n) is 12.2. The van der Waals surface area contributed by atoms with Crippen LogP contribution in [0.25, 0.3) is 0 Å². The molecule has 1 aliphatic rings. The monoisotopic (exact) mass is 330 g/mol. The van der Waals surface area contributed by atoms with Gasteiger partial charge in [0.2, 0.25) is 6.29 Å². The van der Waals surface area contributed by atoms with Gasteiger partial charge in [0.15, 0.2) is 0 Å². The number of aromatic hydroxyl groups is 2. The van der Waals surface area contributed by atoms with Crippen LogP contribution in [0.1, 0.15) is 15.9 Å². The highest BCUT2D eigenvalue weighted by atomic mass is 16.7. The molecule has 5 atom stereocenters. The number of benzene rings is 1. The summed E-state index contributed by atoms with van der Waals surface area (Å²) in [6, 6.07) is 2.11. The SMILES string of the molecule is Cc1c(O)cc(C(=O)O[C@@H]2OC(CO)[C@@H](O)[C@H](O)C2O)cc1O. The summed E-state index contributed by atoms with van der Waals surface area (Å²) < 4.78 is 9.90. The van der Waals surface area contributed by atoms with Gasteiger partial charge in [0.1, 0.15) is 35.9 Å². The lowest BCUT2D eigenvalue weighted by Crippen LogP contribution is -2.59. The summed E-state index contributed by atoms with van der Waals surface area (Å²) in [5, 5.41) is 57.3. The molecule has 0 spiro atoms. The van der Waals surface area contributed by atoms with Crippen molar-refractivity contribution in [2.24, 2.45) is 0 Å². The van der Waals surface area contributed by atoms with Gasteiger partial charge >= 0.3 is 5.97 Å². The van der Waals surface area contributed by atoms with Crippen molar-refractivity contribution in [2.45, 2.75) is 37.6 Å². The first-order valence-electron chi connectivity index (χ1n) is 6.80. The molecule has 1 aromatic carbocycles. The number of hydrogen-bond acceptors (Lipinski definition) is 9. The molecule has 1 heterocycles. The third kappa shape index (κ3) is 3.38. The standard InChI is InChI=1S/C14H18O9/c1-5-7(16)2-6(3-8(5)17)13(21)23-14-12(20)11(19)10(18)9(4-15)22-14/h2-3,9-12,14-20H,4H2,1H3/t9?,10-,11+,12?,14+/m1/s1. The molecule has 1 aromatic rings. The zero-order chi connectivity index (χ0) is 17.3. The van der Waals surface area contributed by atoms with Crippen LogP contribution in [0.5, 0.6) is 11.5 Å². The molecule has 1 saturated heterocycles. The summed E-state index contributed by atoms with van der Waals surface area (Å²) in [6.07, 6.45) is -7.84. The van der Waals surface area contributed by atoms with Gasteiger partial charge in [0.05, 0.1) is 12.2 Å². The molecule has 0 aromatic heterocycles. The molecule has 2 unspecified atom stereocenters. The third-order valence-electron chi connectivity index (χ3n) is 3.66. The predicted molar refractivity (Wildman–Crippen MR) is 73.7 cm³/mol. The van der Waals surface area contributed by atoms with Crippen molar-refractivity contribution in [3.05, 3.63) is 23.3 Å². The number of carbonyl (C=O) groups excluding carboxylic acids is 1. The molecule has 9 heteroatoms. The van der Waals surface area contributed by atoms with E-state index in [9.17, 15) is 30.3 Å². The average molecular weight is 330 g/mol. The highest BCUT2D eigenvalue weighted by Crippen LogP contribution is 2.29. The van der Waals surface area contributed by atoms with Crippen LogP contribution in [0.3, 0.4) is 0 Å². The fourth-order valence-corrected chi connectivity index (χ4v) is 2.14. The Morgan fingerprint density at radius 1 is 1.13 bits per heavy atom. The Labute approximate surface area is 130 Å². The largest absolute Gasteiger partial charge is 0.508 e. The number of ether oxygens (including phenoxy) is 2. The Morgan fingerprint density at radius 2 is 1.70 bits per heavy atom. The maximum atomic E-state index is 12.0. The molecular formula is C14H18O9. The minimum Gasteiger partial charge on any atom is -0.508 e. The minimum atomic E-state index is -1.73. The topological polar surface area (TPSA) is 157 Å². The van der Waals surface area contributed by atoms with E-state index in [1.807, 2.05) is 0 Å². The summed E-state index contributed by atoms with van der Waals surface area (Å²) in [6.45, 7) is 0.780. The minimum absolute atomic E-state index is 0.175. The van der Waals surface area contributed by atoms with E-state index in [4.69, 9.17) is 14.6 Å². The van der Waals surface area contributed by atoms with Gasteiger partial charge in [-0.05, 0) is 19.1 Å². The van der Waals surface area contributed by atoms with Crippen LogP contribution in [0.4, 0.5) is 0 Å². The summed E-state index contributed by atoms with van der Waals surface area (Å²) >= 11 is 0. The normalized spacial score (nSPS) is 30.9. The second kappa shape index (κ2) is 6.69. The van der Waals surface area contributed by atoms with E-state index in [0.29, 0.717) is 0 Å². The van der Waals surface area contributed by atoms with Crippen molar-refractivity contribution in [1.29, 1.82) is 0 Å². The maximum Gasteiger partial charge on any atom is 0.340 e. The summed E-state index contributed by atoms with van der Waals surface area (Å²) in [5.74, 6) is -1.70. The number of rotatable bonds is 3. The van der Waals surface area contributed by atoms with E-state index >= 15 is 0 Å². The first-order chi connectivity index (χ1) is 10.8. The fourth-order valence-electron chi connectivity index (χ4n) is 2.14. The van der Waals surface area contributed by atoms with Crippen LogP contribution < -0.4 is 0 Å². The van der Waals surface area contributed by atoms with Crippen molar-refractivity contribution in [3.63, 3.8) is 0 Å². The Morgan fingerprint density at radius 3 is 2.22 bits per heavy atom. The highest BCUT2D eigenvalue weighted by Gasteiger charge is 2.45. The van der Waals surface area contributed by atoms with E-state index < -0.39 is 43.3 Å². The number of carbonyl (C=O) groups is 1. The summed E-state index contributed by atoms with van der Waals surface area (Å²) in [5.41, 5.74) is -0.0306. The molecule has 23 heavy (non-hydrogen) atoms. The van der Waals surface area contributed by atoms with Gasteiger partial charge in [0, 0.05) is 5.56 Å². The second-order valence-electron chi connectivity index (χ2n) is 5.24. The number of phenols is 2. The number of esters is 1. The van der Waals surface area contributed by atoms with Crippen LogP contribution in [-0.4, -0.2) is 73.9 Å². The van der Waals surface area contributed by atoms with E-state index in [1.54, 1.807) is 0 Å². The molecule has 128 valence electrons. The molecule has 2 rings (SSSR count). The molecule has 0 aliphatic carbocycles. The van der Waals surface area contributed by atoms with Crippen molar-refractivity contribution in [3.8, 4) is 11.5 Å². The van der Waals surface area contributed by atoms with E-state index in [0.717, 1.165) is 12.1 Å². The van der Waals surface area contributed by atoms with Gasteiger partial charge in [0.25, 0.3) is 0 Å². The van der Waals surface area contributed by atoms with E-state index in [2.05, 4.69) is 0 Å². The lowest BCUT2D eigenvalue weighted by atomic mass is 9.99. The van der Waals surface area contributed by atoms with Crippen molar-refractivity contribution in [1.82, 2.24) is 0 Å². The zero-order valence-corrected chi connectivity index (χ0v) is 12.2. The highest BCUT2D eigenvalue weighted by molar-refractivity contribution is 5.90. The Balaban J connectivity index is 2.16. The molecule has 0 bridgehead atoms. The Hall–Kier alpha value is -1.91.